The minimum Gasteiger partial charge on any atom is -0.381 e. The van der Waals surface area contributed by atoms with Crippen LogP contribution in [0.15, 0.2) is 22.8 Å². The molecule has 1 saturated heterocycles. The number of aromatic nitrogens is 1. The molecule has 2 fully saturated rings. The third kappa shape index (κ3) is 1.13. The molecular weight excluding hydrogens is 272 g/mol. The van der Waals surface area contributed by atoms with Gasteiger partial charge in [0.1, 0.15) is 5.41 Å². The summed E-state index contributed by atoms with van der Waals surface area (Å²) in [6.07, 6.45) is 1.70. The molecule has 1 amide bonds. The molecule has 4 nitrogen and oxygen atoms in total. The molecule has 1 aromatic rings. The SMILES string of the molecule is NC(=O)C1(c2ccc(Br)cn2)[C@@H]2COC[C@@H]21. The molecule has 84 valence electrons. The molecule has 3 rings (SSSR count). The van der Waals surface area contributed by atoms with E-state index in [-0.39, 0.29) is 17.7 Å². The van der Waals surface area contributed by atoms with Gasteiger partial charge < -0.3 is 10.5 Å². The zero-order chi connectivity index (χ0) is 11.3. The summed E-state index contributed by atoms with van der Waals surface area (Å²) >= 11 is 3.33. The van der Waals surface area contributed by atoms with Gasteiger partial charge in [-0.15, -0.1) is 0 Å². The molecule has 2 aliphatic rings. The smallest absolute Gasteiger partial charge is 0.230 e. The van der Waals surface area contributed by atoms with E-state index in [0.717, 1.165) is 10.2 Å². The van der Waals surface area contributed by atoms with E-state index in [4.69, 9.17) is 10.5 Å². The Balaban J connectivity index is 2.03. The predicted octanol–water partition coefficient (Wildman–Crippen LogP) is 0.843. The van der Waals surface area contributed by atoms with Gasteiger partial charge in [0, 0.05) is 22.5 Å². The Morgan fingerprint density at radius 1 is 1.50 bits per heavy atom. The molecule has 2 N–H and O–H groups in total. The Hall–Kier alpha value is -0.940. The van der Waals surface area contributed by atoms with Crippen molar-refractivity contribution in [1.82, 2.24) is 4.98 Å². The first-order chi connectivity index (χ1) is 7.67. The number of carbonyl (C=O) groups is 1. The van der Waals surface area contributed by atoms with Gasteiger partial charge in [-0.1, -0.05) is 0 Å². The fraction of sp³-hybridized carbons (Fsp3) is 0.455. The van der Waals surface area contributed by atoms with E-state index < -0.39 is 5.41 Å². The molecule has 1 aliphatic carbocycles. The molecule has 1 aliphatic heterocycles. The second-order valence-corrected chi connectivity index (χ2v) is 5.26. The lowest BCUT2D eigenvalue weighted by Crippen LogP contribution is -2.35. The number of primary amides is 1. The molecule has 16 heavy (non-hydrogen) atoms. The van der Waals surface area contributed by atoms with E-state index in [9.17, 15) is 4.79 Å². The number of fused-ring (bicyclic) bond motifs is 1. The minimum atomic E-state index is -0.570. The molecule has 1 aromatic heterocycles. The molecule has 0 bridgehead atoms. The summed E-state index contributed by atoms with van der Waals surface area (Å²) in [5, 5.41) is 0. The molecule has 3 atom stereocenters. The van der Waals surface area contributed by atoms with Gasteiger partial charge in [-0.2, -0.15) is 0 Å². The highest BCUT2D eigenvalue weighted by atomic mass is 79.9. The van der Waals surface area contributed by atoms with Crippen molar-refractivity contribution in [2.45, 2.75) is 5.41 Å². The first-order valence-corrected chi connectivity index (χ1v) is 5.96. The number of pyridine rings is 1. The normalized spacial score (nSPS) is 35.8. The van der Waals surface area contributed by atoms with Crippen LogP contribution in [0.1, 0.15) is 5.69 Å². The zero-order valence-electron chi connectivity index (χ0n) is 8.52. The van der Waals surface area contributed by atoms with Crippen LogP contribution in [0.4, 0.5) is 0 Å². The Morgan fingerprint density at radius 3 is 2.69 bits per heavy atom. The Labute approximate surface area is 101 Å². The lowest BCUT2D eigenvalue weighted by molar-refractivity contribution is -0.122. The first kappa shape index (κ1) is 10.2. The molecule has 5 heteroatoms. The van der Waals surface area contributed by atoms with E-state index in [2.05, 4.69) is 20.9 Å². The maximum atomic E-state index is 11.7. The Bertz CT molecular complexity index is 436. The quantitative estimate of drug-likeness (QED) is 0.874. The highest BCUT2D eigenvalue weighted by molar-refractivity contribution is 9.10. The fourth-order valence-corrected chi connectivity index (χ4v) is 3.08. The van der Waals surface area contributed by atoms with Crippen LogP contribution in [0.25, 0.3) is 0 Å². The minimum absolute atomic E-state index is 0.221. The van der Waals surface area contributed by atoms with Crippen molar-refractivity contribution in [3.05, 3.63) is 28.5 Å². The summed E-state index contributed by atoms with van der Waals surface area (Å²) in [6.45, 7) is 1.23. The second kappa shape index (κ2) is 3.28. The van der Waals surface area contributed by atoms with Crippen molar-refractivity contribution >= 4 is 21.8 Å². The zero-order valence-corrected chi connectivity index (χ0v) is 10.1. The van der Waals surface area contributed by atoms with E-state index in [1.54, 1.807) is 6.20 Å². The molecule has 1 unspecified atom stereocenters. The number of nitrogens with zero attached hydrogens (tertiary/aromatic N) is 1. The predicted molar refractivity (Wildman–Crippen MR) is 60.6 cm³/mol. The van der Waals surface area contributed by atoms with Crippen molar-refractivity contribution in [3.63, 3.8) is 0 Å². The van der Waals surface area contributed by atoms with Crippen LogP contribution >= 0.6 is 15.9 Å². The lowest BCUT2D eigenvalue weighted by atomic mass is 9.95. The molecule has 1 saturated carbocycles. The summed E-state index contributed by atoms with van der Waals surface area (Å²) in [6, 6.07) is 3.76. The van der Waals surface area contributed by atoms with Gasteiger partial charge in [0.15, 0.2) is 0 Å². The maximum Gasteiger partial charge on any atom is 0.230 e. The van der Waals surface area contributed by atoms with Gasteiger partial charge in [0.2, 0.25) is 5.91 Å². The first-order valence-electron chi connectivity index (χ1n) is 5.17. The number of hydrogen-bond acceptors (Lipinski definition) is 3. The monoisotopic (exact) mass is 282 g/mol. The van der Waals surface area contributed by atoms with Crippen LogP contribution in [0.5, 0.6) is 0 Å². The van der Waals surface area contributed by atoms with E-state index in [1.165, 1.54) is 0 Å². The van der Waals surface area contributed by atoms with Crippen LogP contribution in [0.3, 0.4) is 0 Å². The summed E-state index contributed by atoms with van der Waals surface area (Å²) in [5.74, 6) is 0.165. The number of nitrogens with two attached hydrogens (primary N) is 1. The summed E-state index contributed by atoms with van der Waals surface area (Å²) < 4.78 is 6.21. The molecule has 0 aromatic carbocycles. The fourth-order valence-electron chi connectivity index (χ4n) is 2.85. The van der Waals surface area contributed by atoms with Crippen molar-refractivity contribution in [3.8, 4) is 0 Å². The van der Waals surface area contributed by atoms with Crippen LogP contribution in [-0.2, 0) is 14.9 Å². The molecule has 2 heterocycles. The summed E-state index contributed by atoms with van der Waals surface area (Å²) in [5.41, 5.74) is 5.76. The van der Waals surface area contributed by atoms with Crippen molar-refractivity contribution in [2.24, 2.45) is 17.6 Å². The topological polar surface area (TPSA) is 65.2 Å². The number of amides is 1. The number of carbonyl (C=O) groups excluding carboxylic acids is 1. The average molecular weight is 283 g/mol. The molecular formula is C11H11BrN2O2. The van der Waals surface area contributed by atoms with Gasteiger partial charge in [0.25, 0.3) is 0 Å². The van der Waals surface area contributed by atoms with Crippen LogP contribution < -0.4 is 5.73 Å². The van der Waals surface area contributed by atoms with E-state index in [0.29, 0.717) is 13.2 Å². The number of halogens is 1. The van der Waals surface area contributed by atoms with Gasteiger partial charge in [-0.3, -0.25) is 9.78 Å². The van der Waals surface area contributed by atoms with Gasteiger partial charge >= 0.3 is 0 Å². The highest BCUT2D eigenvalue weighted by Gasteiger charge is 2.72. The standard InChI is InChI=1S/C11H11BrN2O2/c12-6-1-2-9(14-3-6)11(10(13)15)7-4-16-5-8(7)11/h1-3,7-8H,4-5H2,(H2,13,15)/t7-,8+,11?. The van der Waals surface area contributed by atoms with Gasteiger partial charge in [-0.05, 0) is 28.1 Å². The van der Waals surface area contributed by atoms with Crippen molar-refractivity contribution in [1.29, 1.82) is 0 Å². The molecule has 0 spiro atoms. The van der Waals surface area contributed by atoms with E-state index in [1.807, 2.05) is 12.1 Å². The van der Waals surface area contributed by atoms with Crippen molar-refractivity contribution < 1.29 is 9.53 Å². The number of rotatable bonds is 2. The molecule has 0 radical (unpaired) electrons. The van der Waals surface area contributed by atoms with Crippen LogP contribution in [0.2, 0.25) is 0 Å². The third-order valence-electron chi connectivity index (χ3n) is 3.70. The average Bonchev–Trinajstić information content (AvgIpc) is 2.67. The van der Waals surface area contributed by atoms with E-state index >= 15 is 0 Å². The van der Waals surface area contributed by atoms with Crippen LogP contribution in [0, 0.1) is 11.8 Å². The van der Waals surface area contributed by atoms with Gasteiger partial charge in [-0.25, -0.2) is 0 Å². The maximum absolute atomic E-state index is 11.7. The Morgan fingerprint density at radius 2 is 2.19 bits per heavy atom. The van der Waals surface area contributed by atoms with Gasteiger partial charge in [0.05, 0.1) is 18.9 Å². The lowest BCUT2D eigenvalue weighted by Gasteiger charge is -2.16. The number of hydrogen-bond donors (Lipinski definition) is 1. The highest BCUT2D eigenvalue weighted by Crippen LogP contribution is 2.62. The van der Waals surface area contributed by atoms with Crippen molar-refractivity contribution in [2.75, 3.05) is 13.2 Å². The third-order valence-corrected chi connectivity index (χ3v) is 4.17. The largest absolute Gasteiger partial charge is 0.381 e. The summed E-state index contributed by atoms with van der Waals surface area (Å²) in [4.78, 5) is 16.0. The van der Waals surface area contributed by atoms with Crippen LogP contribution in [-0.4, -0.2) is 24.1 Å². The second-order valence-electron chi connectivity index (χ2n) is 4.35. The Kier molecular flexibility index (Phi) is 2.09. The summed E-state index contributed by atoms with van der Waals surface area (Å²) in [7, 11) is 0. The number of ether oxygens (including phenoxy) is 1.